The second-order valence-corrected chi connectivity index (χ2v) is 3.97. The largest absolute Gasteiger partial charge is 0.484 e. The van der Waals surface area contributed by atoms with E-state index in [0.29, 0.717) is 25.9 Å². The molecule has 0 aromatic heterocycles. The Bertz CT molecular complexity index is 436. The molecule has 2 rings (SSSR count). The van der Waals surface area contributed by atoms with Crippen LogP contribution >= 0.6 is 12.4 Å². The van der Waals surface area contributed by atoms with Crippen LogP contribution in [-0.2, 0) is 0 Å². The lowest BCUT2D eigenvalue weighted by atomic mass is 10.1. The maximum Gasteiger partial charge on any atom is 0.207 e. The van der Waals surface area contributed by atoms with Crippen LogP contribution in [0, 0.1) is 29.1 Å². The summed E-state index contributed by atoms with van der Waals surface area (Å²) < 4.78 is 70.1. The van der Waals surface area contributed by atoms with Crippen molar-refractivity contribution < 1.29 is 26.7 Å². The summed E-state index contributed by atoms with van der Waals surface area (Å²) in [5.74, 6) is -11.2. The number of ether oxygens (including phenoxy) is 1. The summed E-state index contributed by atoms with van der Waals surface area (Å²) >= 11 is 0. The minimum atomic E-state index is -2.18. The highest BCUT2D eigenvalue weighted by atomic mass is 35.5. The SMILES string of the molecule is Cl.Fc1c(F)c(F)c(OC2CCNCC2)c(F)c1F. The van der Waals surface area contributed by atoms with Crippen molar-refractivity contribution in [2.75, 3.05) is 13.1 Å². The molecule has 0 saturated carbocycles. The van der Waals surface area contributed by atoms with Crippen LogP contribution in [-0.4, -0.2) is 19.2 Å². The molecule has 0 radical (unpaired) electrons. The molecule has 0 amide bonds. The van der Waals surface area contributed by atoms with Gasteiger partial charge in [0.05, 0.1) is 0 Å². The molecule has 1 fully saturated rings. The van der Waals surface area contributed by atoms with Gasteiger partial charge in [-0.25, -0.2) is 13.2 Å². The van der Waals surface area contributed by atoms with Gasteiger partial charge in [0.1, 0.15) is 6.10 Å². The molecule has 0 bridgehead atoms. The van der Waals surface area contributed by atoms with Crippen molar-refractivity contribution in [3.05, 3.63) is 29.1 Å². The van der Waals surface area contributed by atoms with Crippen molar-refractivity contribution in [1.82, 2.24) is 5.32 Å². The summed E-state index contributed by atoms with van der Waals surface area (Å²) in [4.78, 5) is 0. The second-order valence-electron chi connectivity index (χ2n) is 3.97. The number of benzene rings is 1. The quantitative estimate of drug-likeness (QED) is 0.515. The van der Waals surface area contributed by atoms with Gasteiger partial charge in [-0.15, -0.1) is 12.4 Å². The molecule has 108 valence electrons. The third-order valence-corrected chi connectivity index (χ3v) is 2.74. The highest BCUT2D eigenvalue weighted by Gasteiger charge is 2.29. The minimum Gasteiger partial charge on any atom is -0.484 e. The van der Waals surface area contributed by atoms with Crippen molar-refractivity contribution in [1.29, 1.82) is 0 Å². The summed E-state index contributed by atoms with van der Waals surface area (Å²) in [6.07, 6.45) is 0.332. The molecule has 1 N–H and O–H groups in total. The van der Waals surface area contributed by atoms with E-state index in [1.54, 1.807) is 0 Å². The molecule has 1 aliphatic rings. The monoisotopic (exact) mass is 303 g/mol. The van der Waals surface area contributed by atoms with Gasteiger partial charge in [0.25, 0.3) is 0 Å². The molecule has 0 atom stereocenters. The van der Waals surface area contributed by atoms with E-state index < -0.39 is 40.9 Å². The fraction of sp³-hybridized carbons (Fsp3) is 0.455. The summed E-state index contributed by atoms with van der Waals surface area (Å²) in [6.45, 7) is 1.14. The molecule has 1 saturated heterocycles. The van der Waals surface area contributed by atoms with Crippen LogP contribution in [0.1, 0.15) is 12.8 Å². The molecule has 2 nitrogen and oxygen atoms in total. The first-order valence-electron chi connectivity index (χ1n) is 5.41. The van der Waals surface area contributed by atoms with Crippen molar-refractivity contribution in [2.45, 2.75) is 18.9 Å². The topological polar surface area (TPSA) is 21.3 Å². The molecule has 0 aliphatic carbocycles. The van der Waals surface area contributed by atoms with Gasteiger partial charge in [0.15, 0.2) is 5.75 Å². The minimum absolute atomic E-state index is 0. The van der Waals surface area contributed by atoms with E-state index in [1.807, 2.05) is 0 Å². The Morgan fingerprint density at radius 2 is 1.21 bits per heavy atom. The number of nitrogens with one attached hydrogen (secondary N) is 1. The Morgan fingerprint density at radius 1 is 0.789 bits per heavy atom. The van der Waals surface area contributed by atoms with Crippen LogP contribution in [0.5, 0.6) is 5.75 Å². The zero-order valence-electron chi connectivity index (χ0n) is 9.61. The molecule has 1 heterocycles. The van der Waals surface area contributed by atoms with E-state index in [4.69, 9.17) is 4.74 Å². The first-order chi connectivity index (χ1) is 8.52. The summed E-state index contributed by atoms with van der Waals surface area (Å²) in [6, 6.07) is 0. The average molecular weight is 304 g/mol. The first-order valence-corrected chi connectivity index (χ1v) is 5.41. The normalized spacial score (nSPS) is 16.1. The molecule has 19 heavy (non-hydrogen) atoms. The Morgan fingerprint density at radius 3 is 1.68 bits per heavy atom. The van der Waals surface area contributed by atoms with Crippen LogP contribution < -0.4 is 10.1 Å². The number of rotatable bonds is 2. The van der Waals surface area contributed by atoms with Gasteiger partial charge < -0.3 is 10.1 Å². The third kappa shape index (κ3) is 3.09. The zero-order valence-corrected chi connectivity index (χ0v) is 10.4. The van der Waals surface area contributed by atoms with Gasteiger partial charge in [0, 0.05) is 0 Å². The predicted octanol–water partition coefficient (Wildman–Crippen LogP) is 2.93. The average Bonchev–Trinajstić information content (AvgIpc) is 2.40. The molecule has 0 unspecified atom stereocenters. The van der Waals surface area contributed by atoms with E-state index in [9.17, 15) is 22.0 Å². The van der Waals surface area contributed by atoms with Crippen molar-refractivity contribution in [3.8, 4) is 5.75 Å². The highest BCUT2D eigenvalue weighted by Crippen LogP contribution is 2.30. The number of piperidine rings is 1. The van der Waals surface area contributed by atoms with Crippen LogP contribution in [0.3, 0.4) is 0 Å². The summed E-state index contributed by atoms with van der Waals surface area (Å²) in [7, 11) is 0. The number of halogens is 6. The van der Waals surface area contributed by atoms with E-state index in [1.165, 1.54) is 0 Å². The predicted molar refractivity (Wildman–Crippen MR) is 60.0 cm³/mol. The van der Waals surface area contributed by atoms with Gasteiger partial charge in [-0.1, -0.05) is 0 Å². The molecule has 1 aromatic rings. The van der Waals surface area contributed by atoms with Crippen LogP contribution in [0.4, 0.5) is 22.0 Å². The Hall–Kier alpha value is -1.08. The maximum absolute atomic E-state index is 13.3. The summed E-state index contributed by atoms with van der Waals surface area (Å²) in [5.41, 5.74) is 0. The van der Waals surface area contributed by atoms with Crippen molar-refractivity contribution in [2.24, 2.45) is 0 Å². The fourth-order valence-corrected chi connectivity index (χ4v) is 1.77. The van der Waals surface area contributed by atoms with Gasteiger partial charge >= 0.3 is 0 Å². The first kappa shape index (κ1) is 16.0. The lowest BCUT2D eigenvalue weighted by Crippen LogP contribution is -2.34. The van der Waals surface area contributed by atoms with Gasteiger partial charge in [0.2, 0.25) is 29.1 Å². The highest BCUT2D eigenvalue weighted by molar-refractivity contribution is 5.85. The standard InChI is InChI=1S/C11H10F5NO.ClH/c12-6-7(13)9(15)11(10(16)8(6)14)18-5-1-3-17-4-2-5;/h5,17H,1-4H2;1H. The number of hydrogen-bond donors (Lipinski definition) is 1. The fourth-order valence-electron chi connectivity index (χ4n) is 1.77. The van der Waals surface area contributed by atoms with E-state index in [0.717, 1.165) is 0 Å². The summed E-state index contributed by atoms with van der Waals surface area (Å²) in [5, 5.41) is 2.99. The molecule has 1 aromatic carbocycles. The molecular weight excluding hydrogens is 293 g/mol. The van der Waals surface area contributed by atoms with Crippen molar-refractivity contribution >= 4 is 12.4 Å². The Labute approximate surface area is 112 Å². The van der Waals surface area contributed by atoms with Crippen molar-refractivity contribution in [3.63, 3.8) is 0 Å². The van der Waals surface area contributed by atoms with Gasteiger partial charge in [-0.05, 0) is 25.9 Å². The van der Waals surface area contributed by atoms with E-state index >= 15 is 0 Å². The number of hydrogen-bond acceptors (Lipinski definition) is 2. The van der Waals surface area contributed by atoms with E-state index in [-0.39, 0.29) is 12.4 Å². The molecule has 0 spiro atoms. The lowest BCUT2D eigenvalue weighted by Gasteiger charge is -2.24. The van der Waals surface area contributed by atoms with E-state index in [2.05, 4.69) is 5.32 Å². The molecule has 8 heteroatoms. The van der Waals surface area contributed by atoms with Crippen LogP contribution in [0.15, 0.2) is 0 Å². The molecular formula is C11H11ClF5NO. The smallest absolute Gasteiger partial charge is 0.207 e. The Balaban J connectivity index is 0.00000180. The second kappa shape index (κ2) is 6.38. The van der Waals surface area contributed by atoms with Crippen LogP contribution in [0.25, 0.3) is 0 Å². The van der Waals surface area contributed by atoms with Gasteiger partial charge in [-0.2, -0.15) is 8.78 Å². The van der Waals surface area contributed by atoms with Crippen LogP contribution in [0.2, 0.25) is 0 Å². The molecule has 1 aliphatic heterocycles. The Kier molecular flexibility index (Phi) is 5.37. The zero-order chi connectivity index (χ0) is 13.3. The third-order valence-electron chi connectivity index (χ3n) is 2.74. The lowest BCUT2D eigenvalue weighted by molar-refractivity contribution is 0.143. The van der Waals surface area contributed by atoms with Gasteiger partial charge in [-0.3, -0.25) is 0 Å². The maximum atomic E-state index is 13.3.